The molecule has 0 aromatic rings. The van der Waals surface area contributed by atoms with Gasteiger partial charge in [0.1, 0.15) is 5.78 Å². The number of ether oxygens (including phenoxy) is 2. The van der Waals surface area contributed by atoms with Gasteiger partial charge in [0.25, 0.3) is 0 Å². The summed E-state index contributed by atoms with van der Waals surface area (Å²) in [6.45, 7) is 3.91. The van der Waals surface area contributed by atoms with E-state index in [1.54, 1.807) is 0 Å². The van der Waals surface area contributed by atoms with Gasteiger partial charge in [-0.2, -0.15) is 0 Å². The van der Waals surface area contributed by atoms with Gasteiger partial charge < -0.3 is 9.47 Å². The zero-order valence-corrected chi connectivity index (χ0v) is 8.66. The van der Waals surface area contributed by atoms with Crippen molar-refractivity contribution in [3.05, 3.63) is 0 Å². The molecule has 0 bridgehead atoms. The molecule has 0 aromatic heterocycles. The fraction of sp³-hybridized carbons (Fsp3) is 0.909. The van der Waals surface area contributed by atoms with E-state index in [0.29, 0.717) is 11.7 Å². The predicted octanol–water partition coefficient (Wildman–Crippen LogP) is 1.51. The number of fused-ring (bicyclic) bond motifs is 3. The minimum atomic E-state index is -0.439. The molecule has 4 atom stereocenters. The summed E-state index contributed by atoms with van der Waals surface area (Å²) in [7, 11) is 0. The second kappa shape index (κ2) is 2.58. The van der Waals surface area contributed by atoms with E-state index < -0.39 is 5.79 Å². The summed E-state index contributed by atoms with van der Waals surface area (Å²) in [6, 6.07) is 0. The molecule has 3 fully saturated rings. The number of rotatable bonds is 0. The minimum absolute atomic E-state index is 0.171. The summed E-state index contributed by atoms with van der Waals surface area (Å²) >= 11 is 0. The van der Waals surface area contributed by atoms with Crippen LogP contribution in [0.5, 0.6) is 0 Å². The van der Waals surface area contributed by atoms with E-state index in [1.165, 1.54) is 0 Å². The van der Waals surface area contributed by atoms with Gasteiger partial charge in [0, 0.05) is 12.3 Å². The highest BCUT2D eigenvalue weighted by molar-refractivity contribution is 5.84. The van der Waals surface area contributed by atoms with E-state index in [4.69, 9.17) is 9.47 Å². The Balaban J connectivity index is 1.83. The molecule has 3 aliphatic rings. The van der Waals surface area contributed by atoms with Crippen LogP contribution in [0.1, 0.15) is 33.1 Å². The van der Waals surface area contributed by atoms with Gasteiger partial charge in [0.2, 0.25) is 0 Å². The van der Waals surface area contributed by atoms with Crippen LogP contribution < -0.4 is 0 Å². The fourth-order valence-electron chi connectivity index (χ4n) is 3.29. The lowest BCUT2D eigenvalue weighted by atomic mass is 9.99. The Morgan fingerprint density at radius 3 is 2.93 bits per heavy atom. The molecular formula is C11H16O3. The molecule has 3 rings (SSSR count). The largest absolute Gasteiger partial charge is 0.345 e. The molecule has 0 radical (unpaired) electrons. The summed E-state index contributed by atoms with van der Waals surface area (Å²) < 4.78 is 11.6. The number of hydrogen-bond acceptors (Lipinski definition) is 3. The molecule has 3 nitrogen and oxygen atoms in total. The van der Waals surface area contributed by atoms with Crippen LogP contribution in [0.3, 0.4) is 0 Å². The van der Waals surface area contributed by atoms with Crippen molar-refractivity contribution in [2.24, 2.45) is 11.8 Å². The second-order valence-electron chi connectivity index (χ2n) is 5.15. The second-order valence-corrected chi connectivity index (χ2v) is 5.15. The highest BCUT2D eigenvalue weighted by Crippen LogP contribution is 2.49. The number of Topliss-reactive ketones (excluding diaryl/α,β-unsaturated/α-hetero) is 1. The van der Waals surface area contributed by atoms with Crippen LogP contribution in [-0.4, -0.2) is 23.8 Å². The predicted molar refractivity (Wildman–Crippen MR) is 49.7 cm³/mol. The number of carbonyl (C=O) groups is 1. The smallest absolute Gasteiger partial charge is 0.163 e. The normalized spacial score (nSPS) is 49.4. The number of carbonyl (C=O) groups excluding carboxylic acids is 1. The molecule has 14 heavy (non-hydrogen) atoms. The first-order valence-corrected chi connectivity index (χ1v) is 5.45. The average molecular weight is 196 g/mol. The molecule has 1 heterocycles. The van der Waals surface area contributed by atoms with Gasteiger partial charge in [0.05, 0.1) is 12.2 Å². The third-order valence-electron chi connectivity index (χ3n) is 3.78. The van der Waals surface area contributed by atoms with E-state index >= 15 is 0 Å². The highest BCUT2D eigenvalue weighted by Gasteiger charge is 2.56. The zero-order chi connectivity index (χ0) is 9.92. The molecular weight excluding hydrogens is 180 g/mol. The molecule has 2 saturated carbocycles. The van der Waals surface area contributed by atoms with Crippen LogP contribution >= 0.6 is 0 Å². The number of hydrogen-bond donors (Lipinski definition) is 0. The van der Waals surface area contributed by atoms with Crippen molar-refractivity contribution < 1.29 is 14.3 Å². The van der Waals surface area contributed by atoms with Gasteiger partial charge in [-0.05, 0) is 32.6 Å². The lowest BCUT2D eigenvalue weighted by Gasteiger charge is -2.21. The van der Waals surface area contributed by atoms with Crippen LogP contribution in [0.25, 0.3) is 0 Å². The Morgan fingerprint density at radius 1 is 1.36 bits per heavy atom. The Labute approximate surface area is 83.8 Å². The lowest BCUT2D eigenvalue weighted by Crippen LogP contribution is -2.26. The zero-order valence-electron chi connectivity index (χ0n) is 8.66. The van der Waals surface area contributed by atoms with Crippen LogP contribution in [-0.2, 0) is 14.3 Å². The maximum atomic E-state index is 11.5. The molecule has 0 aromatic carbocycles. The van der Waals surface area contributed by atoms with Crippen LogP contribution in [0.4, 0.5) is 0 Å². The molecule has 0 amide bonds. The first kappa shape index (κ1) is 8.86. The van der Waals surface area contributed by atoms with Crippen molar-refractivity contribution in [3.8, 4) is 0 Å². The first-order chi connectivity index (χ1) is 6.57. The van der Waals surface area contributed by atoms with E-state index in [-0.39, 0.29) is 18.1 Å². The summed E-state index contributed by atoms with van der Waals surface area (Å²) in [5.74, 6) is 0.663. The SMILES string of the molecule is CC1(C)O[C@H]2[C@@H]3CCC(=O)[C@@H]3C[C@H]2O1. The maximum absolute atomic E-state index is 11.5. The summed E-state index contributed by atoms with van der Waals surface area (Å²) in [6.07, 6.45) is 3.00. The highest BCUT2D eigenvalue weighted by atomic mass is 16.8. The quantitative estimate of drug-likeness (QED) is 0.589. The average Bonchev–Trinajstić information content (AvgIpc) is 2.63. The molecule has 78 valence electrons. The molecule has 0 unspecified atom stereocenters. The van der Waals surface area contributed by atoms with Crippen LogP contribution in [0.2, 0.25) is 0 Å². The van der Waals surface area contributed by atoms with Crippen LogP contribution in [0, 0.1) is 11.8 Å². The van der Waals surface area contributed by atoms with E-state index in [2.05, 4.69) is 0 Å². The van der Waals surface area contributed by atoms with Gasteiger partial charge in [-0.1, -0.05) is 0 Å². The van der Waals surface area contributed by atoms with Gasteiger partial charge in [-0.3, -0.25) is 4.79 Å². The Hall–Kier alpha value is -0.410. The van der Waals surface area contributed by atoms with Crippen molar-refractivity contribution in [3.63, 3.8) is 0 Å². The third-order valence-corrected chi connectivity index (χ3v) is 3.78. The molecule has 0 N–H and O–H groups in total. The molecule has 0 spiro atoms. The van der Waals surface area contributed by atoms with Crippen LogP contribution in [0.15, 0.2) is 0 Å². The topological polar surface area (TPSA) is 35.5 Å². The van der Waals surface area contributed by atoms with Crippen molar-refractivity contribution in [1.82, 2.24) is 0 Å². The number of ketones is 1. The van der Waals surface area contributed by atoms with Crippen molar-refractivity contribution >= 4 is 5.78 Å². The molecule has 1 aliphatic heterocycles. The van der Waals surface area contributed by atoms with Gasteiger partial charge >= 0.3 is 0 Å². The lowest BCUT2D eigenvalue weighted by molar-refractivity contribution is -0.160. The maximum Gasteiger partial charge on any atom is 0.163 e. The van der Waals surface area contributed by atoms with Gasteiger partial charge in [-0.25, -0.2) is 0 Å². The fourth-order valence-corrected chi connectivity index (χ4v) is 3.29. The van der Waals surface area contributed by atoms with Crippen molar-refractivity contribution in [2.45, 2.75) is 51.1 Å². The van der Waals surface area contributed by atoms with E-state index in [9.17, 15) is 4.79 Å². The van der Waals surface area contributed by atoms with Gasteiger partial charge in [-0.15, -0.1) is 0 Å². The Kier molecular flexibility index (Phi) is 1.63. The molecule has 1 saturated heterocycles. The third kappa shape index (κ3) is 1.09. The minimum Gasteiger partial charge on any atom is -0.345 e. The molecule has 3 heteroatoms. The van der Waals surface area contributed by atoms with Crippen molar-refractivity contribution in [1.29, 1.82) is 0 Å². The van der Waals surface area contributed by atoms with E-state index in [1.807, 2.05) is 13.8 Å². The van der Waals surface area contributed by atoms with E-state index in [0.717, 1.165) is 19.3 Å². The van der Waals surface area contributed by atoms with Crippen molar-refractivity contribution in [2.75, 3.05) is 0 Å². The Bertz CT molecular complexity index is 284. The Morgan fingerprint density at radius 2 is 2.14 bits per heavy atom. The standard InChI is InChI=1S/C11H16O3/c1-11(2)13-9-5-7-6(10(9)14-11)3-4-8(7)12/h6-7,9-10H,3-5H2,1-2H3/t6-,7-,9-,10+/m1/s1. The monoisotopic (exact) mass is 196 g/mol. The summed E-state index contributed by atoms with van der Waals surface area (Å²) in [4.78, 5) is 11.5. The first-order valence-electron chi connectivity index (χ1n) is 5.45. The summed E-state index contributed by atoms with van der Waals surface area (Å²) in [5.41, 5.74) is 0. The molecule has 2 aliphatic carbocycles. The summed E-state index contributed by atoms with van der Waals surface area (Å²) in [5, 5.41) is 0. The van der Waals surface area contributed by atoms with Gasteiger partial charge in [0.15, 0.2) is 5.79 Å².